The van der Waals surface area contributed by atoms with Gasteiger partial charge in [-0.15, -0.1) is 0 Å². The smallest absolute Gasteiger partial charge is 0.423 e. The topological polar surface area (TPSA) is 99.3 Å². The molecule has 0 bridgehead atoms. The fourth-order valence-electron chi connectivity index (χ4n) is 3.61. The number of aromatic nitrogens is 2. The molecule has 0 atom stereocenters. The standard InChI is InChI=1S/C14H14BF3N4O3/c16-14(17,18)6-21-12(23)22-7-3-13(4-7)10-8-1-2-19-11(8)20-5-9(10)15(24)25-13/h1-2,5,7,24H,3-4,6H2,(H,19,20)(H2,21,22,23). The van der Waals surface area contributed by atoms with Crippen molar-refractivity contribution in [2.75, 3.05) is 6.54 Å². The second-order valence-electron chi connectivity index (χ2n) is 6.34. The van der Waals surface area contributed by atoms with Crippen LogP contribution in [0.1, 0.15) is 18.4 Å². The second kappa shape index (κ2) is 5.36. The summed E-state index contributed by atoms with van der Waals surface area (Å²) in [5.41, 5.74) is 1.29. The molecule has 1 aliphatic carbocycles. The third-order valence-electron chi connectivity index (χ3n) is 4.61. The number of fused-ring (bicyclic) bond motifs is 4. The van der Waals surface area contributed by atoms with E-state index in [0.717, 1.165) is 10.9 Å². The zero-order valence-corrected chi connectivity index (χ0v) is 12.9. The Morgan fingerprint density at radius 1 is 1.52 bits per heavy atom. The van der Waals surface area contributed by atoms with Crippen LogP contribution >= 0.6 is 0 Å². The number of urea groups is 1. The Morgan fingerprint density at radius 2 is 2.28 bits per heavy atom. The van der Waals surface area contributed by atoms with Gasteiger partial charge in [0.1, 0.15) is 12.2 Å². The summed E-state index contributed by atoms with van der Waals surface area (Å²) in [7, 11) is -1.11. The molecule has 2 aromatic heterocycles. The van der Waals surface area contributed by atoms with Crippen LogP contribution < -0.4 is 16.1 Å². The maximum atomic E-state index is 12.1. The molecule has 1 spiro atoms. The molecule has 1 fully saturated rings. The molecule has 11 heteroatoms. The molecule has 2 amide bonds. The Labute approximate surface area is 140 Å². The second-order valence-corrected chi connectivity index (χ2v) is 6.34. The van der Waals surface area contributed by atoms with Crippen LogP contribution in [0.5, 0.6) is 0 Å². The van der Waals surface area contributed by atoms with E-state index in [9.17, 15) is 23.0 Å². The van der Waals surface area contributed by atoms with Crippen LogP contribution in [-0.2, 0) is 10.3 Å². The van der Waals surface area contributed by atoms with Crippen molar-refractivity contribution in [3.63, 3.8) is 0 Å². The van der Waals surface area contributed by atoms with Crippen molar-refractivity contribution in [3.8, 4) is 0 Å². The zero-order chi connectivity index (χ0) is 17.8. The molecule has 4 N–H and O–H groups in total. The number of carbonyl (C=O) groups is 1. The highest BCUT2D eigenvalue weighted by atomic mass is 19.4. The quantitative estimate of drug-likeness (QED) is 0.591. The van der Waals surface area contributed by atoms with E-state index >= 15 is 0 Å². The minimum Gasteiger partial charge on any atom is -0.423 e. The lowest BCUT2D eigenvalue weighted by Gasteiger charge is -2.46. The number of hydrogen-bond donors (Lipinski definition) is 4. The van der Waals surface area contributed by atoms with Gasteiger partial charge in [0, 0.05) is 29.3 Å². The number of rotatable bonds is 2. The van der Waals surface area contributed by atoms with Gasteiger partial charge in [-0.05, 0) is 24.5 Å². The van der Waals surface area contributed by atoms with Gasteiger partial charge in [-0.1, -0.05) is 0 Å². The molecule has 0 aromatic carbocycles. The molecule has 1 aliphatic heterocycles. The number of aromatic amines is 1. The van der Waals surface area contributed by atoms with Crippen molar-refractivity contribution in [3.05, 3.63) is 24.0 Å². The largest absolute Gasteiger partial charge is 0.493 e. The molecular weight excluding hydrogens is 340 g/mol. The molecule has 1 saturated carbocycles. The summed E-state index contributed by atoms with van der Waals surface area (Å²) < 4.78 is 42.1. The van der Waals surface area contributed by atoms with Crippen molar-refractivity contribution in [1.29, 1.82) is 0 Å². The van der Waals surface area contributed by atoms with Crippen LogP contribution in [0, 0.1) is 0 Å². The van der Waals surface area contributed by atoms with Gasteiger partial charge in [-0.3, -0.25) is 0 Å². The average Bonchev–Trinajstić information content (AvgIpc) is 3.06. The Hall–Kier alpha value is -2.27. The molecule has 7 nitrogen and oxygen atoms in total. The van der Waals surface area contributed by atoms with E-state index in [4.69, 9.17) is 4.65 Å². The molecule has 0 unspecified atom stereocenters. The van der Waals surface area contributed by atoms with Gasteiger partial charge >= 0.3 is 19.3 Å². The summed E-state index contributed by atoms with van der Waals surface area (Å²) in [6.07, 6.45) is -0.454. The number of carbonyl (C=O) groups excluding carboxylic acids is 1. The van der Waals surface area contributed by atoms with Crippen molar-refractivity contribution in [2.45, 2.75) is 30.7 Å². The third-order valence-corrected chi connectivity index (χ3v) is 4.61. The molecule has 4 rings (SSSR count). The van der Waals surface area contributed by atoms with Crippen molar-refractivity contribution in [2.24, 2.45) is 0 Å². The summed E-state index contributed by atoms with van der Waals surface area (Å²) in [5, 5.41) is 15.2. The highest BCUT2D eigenvalue weighted by Crippen LogP contribution is 2.49. The first kappa shape index (κ1) is 16.2. The number of H-pyrrole nitrogens is 1. The first-order valence-electron chi connectivity index (χ1n) is 7.71. The van der Waals surface area contributed by atoms with Gasteiger partial charge in [-0.25, -0.2) is 9.78 Å². The van der Waals surface area contributed by atoms with Gasteiger partial charge in [0.25, 0.3) is 0 Å². The minimum absolute atomic E-state index is 0.339. The SMILES string of the molecule is O=C(NCC(F)(F)F)NC1CC2(C1)OB(O)c1cnc3[nH]ccc3c12. The molecule has 2 aromatic rings. The Kier molecular flexibility index (Phi) is 3.48. The maximum absolute atomic E-state index is 12.1. The summed E-state index contributed by atoms with van der Waals surface area (Å²) in [4.78, 5) is 18.8. The summed E-state index contributed by atoms with van der Waals surface area (Å²) >= 11 is 0. The van der Waals surface area contributed by atoms with Gasteiger partial charge in [-0.2, -0.15) is 13.2 Å². The molecule has 0 saturated heterocycles. The lowest BCUT2D eigenvalue weighted by Crippen LogP contribution is -2.56. The Balaban J connectivity index is 1.47. The first-order chi connectivity index (χ1) is 11.8. The average molecular weight is 354 g/mol. The molecule has 2 aliphatic rings. The lowest BCUT2D eigenvalue weighted by molar-refractivity contribution is -0.123. The predicted octanol–water partition coefficient (Wildman–Crippen LogP) is 0.500. The van der Waals surface area contributed by atoms with Crippen LogP contribution in [0.2, 0.25) is 0 Å². The predicted molar refractivity (Wildman–Crippen MR) is 82.1 cm³/mol. The highest BCUT2D eigenvalue weighted by molar-refractivity contribution is 6.62. The number of nitrogens with zero attached hydrogens (tertiary/aromatic N) is 1. The maximum Gasteiger partial charge on any atom is 0.493 e. The van der Waals surface area contributed by atoms with Crippen LogP contribution in [0.25, 0.3) is 11.0 Å². The molecule has 0 radical (unpaired) electrons. The normalized spacial score (nSPS) is 25.1. The van der Waals surface area contributed by atoms with Crippen molar-refractivity contribution < 1.29 is 27.6 Å². The fourth-order valence-corrected chi connectivity index (χ4v) is 3.61. The van der Waals surface area contributed by atoms with Crippen LogP contribution in [0.3, 0.4) is 0 Å². The van der Waals surface area contributed by atoms with E-state index in [1.165, 1.54) is 0 Å². The van der Waals surface area contributed by atoms with Crippen molar-refractivity contribution >= 4 is 29.6 Å². The third kappa shape index (κ3) is 2.73. The summed E-state index contributed by atoms with van der Waals surface area (Å²) in [6.45, 7) is -1.38. The lowest BCUT2D eigenvalue weighted by atomic mass is 9.69. The molecular formula is C14H14BF3N4O3. The molecule has 132 valence electrons. The fraction of sp³-hybridized carbons (Fsp3) is 0.429. The number of pyridine rings is 1. The minimum atomic E-state index is -4.46. The monoisotopic (exact) mass is 354 g/mol. The van der Waals surface area contributed by atoms with E-state index in [1.54, 1.807) is 17.7 Å². The number of halogens is 3. The van der Waals surface area contributed by atoms with Crippen LogP contribution in [0.15, 0.2) is 18.5 Å². The van der Waals surface area contributed by atoms with E-state index in [-0.39, 0.29) is 6.04 Å². The van der Waals surface area contributed by atoms with E-state index in [0.29, 0.717) is 24.0 Å². The van der Waals surface area contributed by atoms with E-state index in [2.05, 4.69) is 15.3 Å². The van der Waals surface area contributed by atoms with E-state index in [1.807, 2.05) is 6.07 Å². The molecule has 25 heavy (non-hydrogen) atoms. The van der Waals surface area contributed by atoms with Gasteiger partial charge in [0.2, 0.25) is 0 Å². The van der Waals surface area contributed by atoms with Crippen LogP contribution in [0.4, 0.5) is 18.0 Å². The number of hydrogen-bond acceptors (Lipinski definition) is 4. The van der Waals surface area contributed by atoms with Crippen LogP contribution in [-0.4, -0.2) is 46.9 Å². The van der Waals surface area contributed by atoms with Gasteiger partial charge < -0.3 is 25.3 Å². The summed E-state index contributed by atoms with van der Waals surface area (Å²) in [5.74, 6) is 0. The van der Waals surface area contributed by atoms with Gasteiger partial charge in [0.05, 0.1) is 5.60 Å². The number of amides is 2. The summed E-state index contributed by atoms with van der Waals surface area (Å²) in [6, 6.07) is 0.618. The van der Waals surface area contributed by atoms with Gasteiger partial charge in [0.15, 0.2) is 0 Å². The zero-order valence-electron chi connectivity index (χ0n) is 12.9. The number of alkyl halides is 3. The molecule has 3 heterocycles. The highest BCUT2D eigenvalue weighted by Gasteiger charge is 2.56. The van der Waals surface area contributed by atoms with Crippen molar-refractivity contribution in [1.82, 2.24) is 20.6 Å². The number of nitrogens with one attached hydrogen (secondary N) is 3. The van der Waals surface area contributed by atoms with E-state index < -0.39 is 31.5 Å². The Bertz CT molecular complexity index is 834. The Morgan fingerprint density at radius 3 is 3.00 bits per heavy atom. The first-order valence-corrected chi connectivity index (χ1v) is 7.71.